The van der Waals surface area contributed by atoms with Crippen molar-refractivity contribution in [2.24, 2.45) is 5.73 Å². The highest BCUT2D eigenvalue weighted by Crippen LogP contribution is 2.17. The molecule has 1 aliphatic rings. The lowest BCUT2D eigenvalue weighted by Gasteiger charge is -2.39. The molecule has 0 unspecified atom stereocenters. The number of nitrogens with zero attached hydrogens (tertiary/aromatic N) is 1. The molecular weight excluding hydrogens is 198 g/mol. The SMILES string of the molecule is CC1(C)C(=O)NC(=O)CN1CCC(N)=O. The number of amides is 3. The van der Waals surface area contributed by atoms with Crippen LogP contribution in [0.3, 0.4) is 0 Å². The van der Waals surface area contributed by atoms with E-state index in [1.807, 2.05) is 0 Å². The van der Waals surface area contributed by atoms with Crippen LogP contribution in [0.4, 0.5) is 0 Å². The smallest absolute Gasteiger partial charge is 0.246 e. The van der Waals surface area contributed by atoms with E-state index in [2.05, 4.69) is 5.32 Å². The lowest BCUT2D eigenvalue weighted by molar-refractivity contribution is -0.145. The van der Waals surface area contributed by atoms with Gasteiger partial charge in [0.05, 0.1) is 12.1 Å². The second-order valence-corrected chi connectivity index (χ2v) is 4.07. The molecule has 3 N–H and O–H groups in total. The zero-order valence-corrected chi connectivity index (χ0v) is 8.87. The van der Waals surface area contributed by atoms with Crippen LogP contribution in [0.15, 0.2) is 0 Å². The quantitative estimate of drug-likeness (QED) is 0.564. The fourth-order valence-electron chi connectivity index (χ4n) is 1.44. The highest BCUT2D eigenvalue weighted by molar-refractivity contribution is 6.02. The number of carbonyl (C=O) groups excluding carboxylic acids is 3. The van der Waals surface area contributed by atoms with E-state index < -0.39 is 11.4 Å². The summed E-state index contributed by atoms with van der Waals surface area (Å²) in [7, 11) is 0. The minimum Gasteiger partial charge on any atom is -0.370 e. The largest absolute Gasteiger partial charge is 0.370 e. The van der Waals surface area contributed by atoms with Crippen molar-refractivity contribution >= 4 is 17.7 Å². The van der Waals surface area contributed by atoms with Crippen LogP contribution in [0, 0.1) is 0 Å². The van der Waals surface area contributed by atoms with E-state index in [4.69, 9.17) is 5.73 Å². The molecule has 6 nitrogen and oxygen atoms in total. The third-order valence-electron chi connectivity index (χ3n) is 2.56. The predicted octanol–water partition coefficient (Wildman–Crippen LogP) is -1.40. The first-order valence-corrected chi connectivity index (χ1v) is 4.71. The van der Waals surface area contributed by atoms with Gasteiger partial charge in [0.15, 0.2) is 0 Å². The minimum atomic E-state index is -0.774. The topological polar surface area (TPSA) is 92.5 Å². The predicted molar refractivity (Wildman–Crippen MR) is 52.6 cm³/mol. The van der Waals surface area contributed by atoms with Crippen molar-refractivity contribution in [3.63, 3.8) is 0 Å². The molecule has 0 spiro atoms. The Morgan fingerprint density at radius 1 is 1.53 bits per heavy atom. The molecule has 0 atom stereocenters. The Balaban J connectivity index is 2.71. The van der Waals surface area contributed by atoms with Crippen molar-refractivity contribution in [1.82, 2.24) is 10.2 Å². The van der Waals surface area contributed by atoms with Crippen LogP contribution in [0.1, 0.15) is 20.3 Å². The summed E-state index contributed by atoms with van der Waals surface area (Å²) in [6.07, 6.45) is 0.143. The Morgan fingerprint density at radius 3 is 2.67 bits per heavy atom. The number of hydrogen-bond acceptors (Lipinski definition) is 4. The van der Waals surface area contributed by atoms with E-state index in [0.29, 0.717) is 6.54 Å². The van der Waals surface area contributed by atoms with E-state index in [1.54, 1.807) is 18.7 Å². The Hall–Kier alpha value is -1.43. The number of nitrogens with one attached hydrogen (secondary N) is 1. The average Bonchev–Trinajstić information content (AvgIpc) is 2.09. The molecule has 0 saturated carbocycles. The molecule has 6 heteroatoms. The molecule has 1 fully saturated rings. The van der Waals surface area contributed by atoms with Gasteiger partial charge in [0.1, 0.15) is 0 Å². The van der Waals surface area contributed by atoms with Crippen molar-refractivity contribution in [3.8, 4) is 0 Å². The first kappa shape index (κ1) is 11.6. The first-order chi connectivity index (χ1) is 6.84. The molecule has 1 rings (SSSR count). The molecule has 0 radical (unpaired) electrons. The molecule has 0 bridgehead atoms. The van der Waals surface area contributed by atoms with Crippen molar-refractivity contribution in [3.05, 3.63) is 0 Å². The fraction of sp³-hybridized carbons (Fsp3) is 0.667. The molecule has 0 aromatic carbocycles. The Kier molecular flexibility index (Phi) is 3.09. The molecule has 3 amide bonds. The van der Waals surface area contributed by atoms with Gasteiger partial charge in [-0.2, -0.15) is 0 Å². The van der Waals surface area contributed by atoms with E-state index in [1.165, 1.54) is 0 Å². The van der Waals surface area contributed by atoms with Crippen molar-refractivity contribution in [1.29, 1.82) is 0 Å². The van der Waals surface area contributed by atoms with E-state index in [0.717, 1.165) is 0 Å². The number of piperazine rings is 1. The number of imide groups is 1. The lowest BCUT2D eigenvalue weighted by Crippen LogP contribution is -2.64. The summed E-state index contributed by atoms with van der Waals surface area (Å²) in [6.45, 7) is 3.85. The van der Waals surface area contributed by atoms with Gasteiger partial charge < -0.3 is 5.73 Å². The normalized spacial score (nSPS) is 21.2. The summed E-state index contributed by atoms with van der Waals surface area (Å²) in [5.74, 6) is -1.13. The summed E-state index contributed by atoms with van der Waals surface area (Å²) in [5, 5.41) is 2.25. The first-order valence-electron chi connectivity index (χ1n) is 4.71. The van der Waals surface area contributed by atoms with Gasteiger partial charge in [0.25, 0.3) is 0 Å². The molecule has 15 heavy (non-hydrogen) atoms. The molecule has 1 saturated heterocycles. The van der Waals surface area contributed by atoms with E-state index in [9.17, 15) is 14.4 Å². The second kappa shape index (κ2) is 3.98. The number of nitrogens with two attached hydrogens (primary N) is 1. The lowest BCUT2D eigenvalue weighted by atomic mass is 9.98. The minimum absolute atomic E-state index is 0.117. The summed E-state index contributed by atoms with van der Waals surface area (Å²) in [5.41, 5.74) is 4.24. The maximum Gasteiger partial charge on any atom is 0.246 e. The summed E-state index contributed by atoms with van der Waals surface area (Å²) < 4.78 is 0. The van der Waals surface area contributed by atoms with Gasteiger partial charge in [-0.3, -0.25) is 24.6 Å². The Morgan fingerprint density at radius 2 is 2.13 bits per heavy atom. The molecule has 1 aliphatic heterocycles. The summed E-state index contributed by atoms with van der Waals surface area (Å²) >= 11 is 0. The Bertz CT molecular complexity index is 312. The van der Waals surface area contributed by atoms with Crippen LogP contribution < -0.4 is 11.1 Å². The highest BCUT2D eigenvalue weighted by Gasteiger charge is 2.40. The third-order valence-corrected chi connectivity index (χ3v) is 2.56. The third kappa shape index (κ3) is 2.53. The number of rotatable bonds is 3. The van der Waals surface area contributed by atoms with Gasteiger partial charge in [-0.05, 0) is 13.8 Å². The van der Waals surface area contributed by atoms with Gasteiger partial charge in [-0.15, -0.1) is 0 Å². The fourth-order valence-corrected chi connectivity index (χ4v) is 1.44. The molecule has 0 aromatic rings. The van der Waals surface area contributed by atoms with E-state index in [-0.39, 0.29) is 24.8 Å². The van der Waals surface area contributed by atoms with Crippen molar-refractivity contribution in [2.45, 2.75) is 25.8 Å². The van der Waals surface area contributed by atoms with Crippen LogP contribution in [0.5, 0.6) is 0 Å². The van der Waals surface area contributed by atoms with Crippen LogP contribution in [-0.4, -0.2) is 41.2 Å². The zero-order chi connectivity index (χ0) is 11.6. The maximum absolute atomic E-state index is 11.5. The molecule has 84 valence electrons. The highest BCUT2D eigenvalue weighted by atomic mass is 16.2. The summed E-state index contributed by atoms with van der Waals surface area (Å²) in [4.78, 5) is 34.9. The molecule has 0 aromatic heterocycles. The van der Waals surface area contributed by atoms with E-state index >= 15 is 0 Å². The monoisotopic (exact) mass is 213 g/mol. The second-order valence-electron chi connectivity index (χ2n) is 4.07. The zero-order valence-electron chi connectivity index (χ0n) is 8.87. The molecular formula is C9H15N3O3. The van der Waals surface area contributed by atoms with Crippen molar-refractivity contribution < 1.29 is 14.4 Å². The number of carbonyl (C=O) groups is 3. The van der Waals surface area contributed by atoms with Gasteiger partial charge in [-0.1, -0.05) is 0 Å². The average molecular weight is 213 g/mol. The van der Waals surface area contributed by atoms with Crippen molar-refractivity contribution in [2.75, 3.05) is 13.1 Å². The summed E-state index contributed by atoms with van der Waals surface area (Å²) in [6, 6.07) is 0. The standard InChI is InChI=1S/C9H15N3O3/c1-9(2)8(15)11-7(14)5-12(9)4-3-6(10)13/h3-5H2,1-2H3,(H2,10,13)(H,11,14,15). The maximum atomic E-state index is 11.5. The van der Waals surface area contributed by atoms with Gasteiger partial charge in [0, 0.05) is 13.0 Å². The van der Waals surface area contributed by atoms with Crippen LogP contribution in [0.2, 0.25) is 0 Å². The number of hydrogen-bond donors (Lipinski definition) is 2. The van der Waals surface area contributed by atoms with Gasteiger partial charge in [0.2, 0.25) is 17.7 Å². The molecule has 0 aliphatic carbocycles. The Labute approximate surface area is 87.8 Å². The molecule has 1 heterocycles. The van der Waals surface area contributed by atoms with Gasteiger partial charge >= 0.3 is 0 Å². The van der Waals surface area contributed by atoms with Crippen LogP contribution in [-0.2, 0) is 14.4 Å². The number of primary amides is 1. The van der Waals surface area contributed by atoms with Gasteiger partial charge in [-0.25, -0.2) is 0 Å². The van der Waals surface area contributed by atoms with Crippen LogP contribution >= 0.6 is 0 Å². The van der Waals surface area contributed by atoms with Crippen LogP contribution in [0.25, 0.3) is 0 Å².